The molecule has 0 radical (unpaired) electrons. The predicted octanol–water partition coefficient (Wildman–Crippen LogP) is 1.49. The Kier molecular flexibility index (Phi) is 7.68. The van der Waals surface area contributed by atoms with E-state index in [1.165, 1.54) is 4.90 Å². The topological polar surface area (TPSA) is 81.8 Å². The van der Waals surface area contributed by atoms with Gasteiger partial charge in [0.2, 0.25) is 0 Å². The first kappa shape index (κ1) is 24.2. The third kappa shape index (κ3) is 4.82. The number of rotatable bonds is 6. The van der Waals surface area contributed by atoms with E-state index in [1.54, 1.807) is 32.0 Å². The van der Waals surface area contributed by atoms with E-state index in [9.17, 15) is 14.4 Å². The number of carbonyl (C=O) groups is 3. The second-order valence-corrected chi connectivity index (χ2v) is 7.59. The van der Waals surface area contributed by atoms with Gasteiger partial charge in [0.15, 0.2) is 0 Å². The lowest BCUT2D eigenvalue weighted by atomic mass is 10.1. The molecule has 3 rings (SSSR count). The van der Waals surface area contributed by atoms with Crippen LogP contribution in [0.25, 0.3) is 0 Å². The first-order valence-electron chi connectivity index (χ1n) is 10.2. The summed E-state index contributed by atoms with van der Waals surface area (Å²) in [4.78, 5) is 40.9. The maximum absolute atomic E-state index is 12.5. The zero-order chi connectivity index (χ0) is 22.0. The molecule has 166 valence electrons. The van der Waals surface area contributed by atoms with Crippen LogP contribution < -0.4 is 27.9 Å². The summed E-state index contributed by atoms with van der Waals surface area (Å²) in [5.41, 5.74) is 3.91. The second kappa shape index (κ2) is 9.83. The van der Waals surface area contributed by atoms with Crippen molar-refractivity contribution in [1.29, 1.82) is 0 Å². The van der Waals surface area contributed by atoms with Crippen LogP contribution in [0.3, 0.4) is 0 Å². The molecule has 2 aromatic carbocycles. The molecule has 1 aliphatic rings. The molecule has 7 nitrogen and oxygen atoms in total. The van der Waals surface area contributed by atoms with Gasteiger partial charge in [-0.15, -0.1) is 0 Å². The van der Waals surface area contributed by atoms with Crippen molar-refractivity contribution in [1.82, 2.24) is 4.90 Å². The zero-order valence-electron chi connectivity index (χ0n) is 18.5. The molecular weight excluding hydrogens is 416 g/mol. The normalized spacial score (nSPS) is 12.5. The van der Waals surface area contributed by atoms with E-state index in [4.69, 9.17) is 0 Å². The predicted molar refractivity (Wildman–Crippen MR) is 119 cm³/mol. The van der Waals surface area contributed by atoms with Gasteiger partial charge in [-0.3, -0.25) is 14.5 Å². The van der Waals surface area contributed by atoms with Gasteiger partial charge in [0, 0.05) is 36.2 Å². The smallest absolute Gasteiger partial charge is 0.323 e. The lowest BCUT2D eigenvalue weighted by molar-refractivity contribution is -0.0000357. The van der Waals surface area contributed by atoms with Gasteiger partial charge < -0.3 is 27.9 Å². The maximum Gasteiger partial charge on any atom is 0.323 e. The highest BCUT2D eigenvalue weighted by molar-refractivity contribution is 6.22. The van der Waals surface area contributed by atoms with Gasteiger partial charge in [-0.25, -0.2) is 4.79 Å². The molecule has 0 spiro atoms. The number of benzene rings is 2. The first-order valence-corrected chi connectivity index (χ1v) is 10.2. The Morgan fingerprint density at radius 3 is 2.19 bits per heavy atom. The Balaban J connectivity index is 0.00000341. The van der Waals surface area contributed by atoms with E-state index in [0.29, 0.717) is 22.5 Å². The van der Waals surface area contributed by atoms with Gasteiger partial charge in [-0.05, 0) is 76.6 Å². The van der Waals surface area contributed by atoms with Crippen LogP contribution in [-0.2, 0) is 0 Å². The molecular formula is C23H28ClN4O3-. The Bertz CT molecular complexity index is 1000. The second-order valence-electron chi connectivity index (χ2n) is 7.59. The molecule has 0 aliphatic carbocycles. The summed E-state index contributed by atoms with van der Waals surface area (Å²) in [5.74, 6) is -0.637. The zero-order valence-corrected chi connectivity index (χ0v) is 19.2. The average Bonchev–Trinajstić information content (AvgIpc) is 2.95. The maximum atomic E-state index is 12.5. The molecule has 4 amide bonds. The summed E-state index contributed by atoms with van der Waals surface area (Å²) >= 11 is 0. The van der Waals surface area contributed by atoms with Gasteiger partial charge in [-0.1, -0.05) is 0 Å². The van der Waals surface area contributed by atoms with Crippen molar-refractivity contribution in [3.63, 3.8) is 0 Å². The highest BCUT2D eigenvalue weighted by atomic mass is 35.5. The van der Waals surface area contributed by atoms with E-state index < -0.39 is 6.03 Å². The fourth-order valence-electron chi connectivity index (χ4n) is 3.66. The van der Waals surface area contributed by atoms with Gasteiger partial charge in [0.1, 0.15) is 0 Å². The summed E-state index contributed by atoms with van der Waals surface area (Å²) < 4.78 is 0. The van der Waals surface area contributed by atoms with E-state index >= 15 is 0 Å². The minimum Gasteiger partial charge on any atom is -1.00 e. The van der Waals surface area contributed by atoms with Crippen LogP contribution in [-0.4, -0.2) is 41.9 Å². The number of fused-ring (bicyclic) bond motifs is 1. The molecule has 8 heteroatoms. The molecule has 0 aromatic heterocycles. The lowest BCUT2D eigenvalue weighted by Gasteiger charge is -2.22. The van der Waals surface area contributed by atoms with Crippen molar-refractivity contribution < 1.29 is 26.8 Å². The van der Waals surface area contributed by atoms with Crippen LogP contribution in [0.4, 0.5) is 21.9 Å². The summed E-state index contributed by atoms with van der Waals surface area (Å²) in [6.07, 6.45) is 0. The molecule has 1 heterocycles. The van der Waals surface area contributed by atoms with Crippen LogP contribution in [0.5, 0.6) is 0 Å². The highest BCUT2D eigenvalue weighted by Gasteiger charge is 2.37. The van der Waals surface area contributed by atoms with Crippen LogP contribution in [0, 0.1) is 6.92 Å². The van der Waals surface area contributed by atoms with Crippen molar-refractivity contribution in [3.05, 3.63) is 53.1 Å². The first-order chi connectivity index (χ1) is 14.3. The van der Waals surface area contributed by atoms with E-state index in [0.717, 1.165) is 24.3 Å². The number of hydrogen-bond donors (Lipinski definition) is 2. The number of amides is 4. The molecule has 0 saturated heterocycles. The summed E-state index contributed by atoms with van der Waals surface area (Å²) in [5, 5.41) is 5.59. The summed E-state index contributed by atoms with van der Waals surface area (Å²) in [6, 6.07) is 10.0. The standard InChI is InChI=1S/C23H28N4O3.ClH/c1-6-26(7-2)17-9-11-20(15(5)12-17)25-23(30)24-16-8-10-18-19(13-16)22(29)27(14(3)4)21(18)28;/h8-14H,6-7H2,1-5H3,(H2,24,25,30);1H/p-1. The van der Waals surface area contributed by atoms with Crippen molar-refractivity contribution in [2.45, 2.75) is 40.7 Å². The van der Waals surface area contributed by atoms with Crippen molar-refractivity contribution in [2.24, 2.45) is 0 Å². The van der Waals surface area contributed by atoms with Crippen molar-refractivity contribution in [2.75, 3.05) is 28.6 Å². The van der Waals surface area contributed by atoms with Crippen molar-refractivity contribution in [3.8, 4) is 0 Å². The van der Waals surface area contributed by atoms with Crippen LogP contribution >= 0.6 is 0 Å². The molecule has 0 atom stereocenters. The summed E-state index contributed by atoms with van der Waals surface area (Å²) in [7, 11) is 0. The highest BCUT2D eigenvalue weighted by Crippen LogP contribution is 2.28. The SMILES string of the molecule is CCN(CC)c1ccc(NC(=O)Nc2ccc3c(c2)C(=O)N(C(C)C)C3=O)c(C)c1.[Cl-]. The van der Waals surface area contributed by atoms with Crippen LogP contribution in [0.1, 0.15) is 54.0 Å². The number of nitrogens with one attached hydrogen (secondary N) is 2. The molecule has 2 aromatic rings. The molecule has 0 fully saturated rings. The Morgan fingerprint density at radius 1 is 0.968 bits per heavy atom. The van der Waals surface area contributed by atoms with Gasteiger partial charge >= 0.3 is 6.03 Å². The Labute approximate surface area is 189 Å². The van der Waals surface area contributed by atoms with Gasteiger partial charge in [0.05, 0.1) is 11.1 Å². The third-order valence-electron chi connectivity index (χ3n) is 5.28. The Morgan fingerprint density at radius 2 is 1.61 bits per heavy atom. The monoisotopic (exact) mass is 443 g/mol. The number of nitrogens with zero attached hydrogens (tertiary/aromatic N) is 2. The quantitative estimate of drug-likeness (QED) is 0.663. The fraction of sp³-hybridized carbons (Fsp3) is 0.348. The number of aryl methyl sites for hydroxylation is 1. The number of hydrogen-bond acceptors (Lipinski definition) is 4. The lowest BCUT2D eigenvalue weighted by Crippen LogP contribution is -3.00. The average molecular weight is 444 g/mol. The van der Waals surface area contributed by atoms with Crippen LogP contribution in [0.2, 0.25) is 0 Å². The minimum absolute atomic E-state index is 0. The minimum atomic E-state index is -0.411. The van der Waals surface area contributed by atoms with E-state index in [-0.39, 0.29) is 30.3 Å². The molecule has 31 heavy (non-hydrogen) atoms. The summed E-state index contributed by atoms with van der Waals surface area (Å²) in [6.45, 7) is 11.6. The fourth-order valence-corrected chi connectivity index (χ4v) is 3.66. The van der Waals surface area contributed by atoms with Crippen molar-refractivity contribution >= 4 is 34.9 Å². The van der Waals surface area contributed by atoms with Crippen LogP contribution in [0.15, 0.2) is 36.4 Å². The molecule has 0 unspecified atom stereocenters. The third-order valence-corrected chi connectivity index (χ3v) is 5.28. The molecule has 0 saturated carbocycles. The molecule has 0 bridgehead atoms. The Hall–Kier alpha value is -3.06. The number of imide groups is 1. The molecule has 2 N–H and O–H groups in total. The number of urea groups is 1. The van der Waals surface area contributed by atoms with Gasteiger partial charge in [-0.2, -0.15) is 0 Å². The molecule has 1 aliphatic heterocycles. The number of carbonyl (C=O) groups excluding carboxylic acids is 3. The number of halogens is 1. The van der Waals surface area contributed by atoms with Gasteiger partial charge in [0.25, 0.3) is 11.8 Å². The number of anilines is 3. The van der Waals surface area contributed by atoms with E-state index in [2.05, 4.69) is 29.4 Å². The largest absolute Gasteiger partial charge is 1.00 e. The van der Waals surface area contributed by atoms with E-state index in [1.807, 2.05) is 25.1 Å².